The van der Waals surface area contributed by atoms with Crippen molar-refractivity contribution in [3.63, 3.8) is 0 Å². The normalized spacial score (nSPS) is 15.2. The second-order valence-electron chi connectivity index (χ2n) is 8.10. The number of aromatic nitrogens is 2. The van der Waals surface area contributed by atoms with Gasteiger partial charge in [0.15, 0.2) is 0 Å². The molecule has 11 heteroatoms. The van der Waals surface area contributed by atoms with Crippen molar-refractivity contribution in [1.82, 2.24) is 19.8 Å². The minimum atomic E-state index is -2.82. The van der Waals surface area contributed by atoms with Crippen LogP contribution in [0.4, 0.5) is 8.78 Å². The van der Waals surface area contributed by atoms with Crippen LogP contribution < -0.4 is 10.9 Å². The number of fused-ring (bicyclic) bond motifs is 1. The van der Waals surface area contributed by atoms with E-state index in [9.17, 15) is 23.2 Å². The second kappa shape index (κ2) is 9.75. The molecule has 3 aromatic rings. The third-order valence-electron chi connectivity index (χ3n) is 5.93. The Balaban J connectivity index is 1.67. The SMILES string of the molecule is CNC(=O)c1ccc(-n2c(Cl)nc3c(c2=O)C[C@@H](C)N(C(=O)c2ccc(Cl)c(C(F)F)c2)C3)cc1. The molecule has 0 saturated heterocycles. The number of nitrogens with one attached hydrogen (secondary N) is 1. The second-order valence-corrected chi connectivity index (χ2v) is 8.84. The van der Waals surface area contributed by atoms with E-state index in [4.69, 9.17) is 23.2 Å². The van der Waals surface area contributed by atoms with Gasteiger partial charge in [0.1, 0.15) is 0 Å². The monoisotopic (exact) mass is 520 g/mol. The smallest absolute Gasteiger partial charge is 0.265 e. The van der Waals surface area contributed by atoms with Crippen molar-refractivity contribution >= 4 is 35.0 Å². The lowest BCUT2D eigenvalue weighted by Gasteiger charge is -2.34. The van der Waals surface area contributed by atoms with Gasteiger partial charge in [-0.25, -0.2) is 13.8 Å². The first-order valence-corrected chi connectivity index (χ1v) is 11.4. The Bertz CT molecular complexity index is 1380. The molecule has 1 atom stereocenters. The number of carbonyl (C=O) groups excluding carboxylic acids is 2. The number of alkyl halides is 2. The lowest BCUT2D eigenvalue weighted by Crippen LogP contribution is -2.45. The average Bonchev–Trinajstić information content (AvgIpc) is 2.84. The fourth-order valence-electron chi connectivity index (χ4n) is 4.04. The fourth-order valence-corrected chi connectivity index (χ4v) is 4.52. The van der Waals surface area contributed by atoms with Crippen LogP contribution in [0.25, 0.3) is 5.69 Å². The van der Waals surface area contributed by atoms with Crippen LogP contribution in [-0.4, -0.2) is 39.4 Å². The van der Waals surface area contributed by atoms with Crippen molar-refractivity contribution in [2.24, 2.45) is 0 Å². The van der Waals surface area contributed by atoms with Crippen LogP contribution in [0.15, 0.2) is 47.3 Å². The molecule has 1 aliphatic heterocycles. The van der Waals surface area contributed by atoms with E-state index in [1.807, 2.05) is 0 Å². The number of hydrogen-bond acceptors (Lipinski definition) is 4. The molecule has 0 aliphatic carbocycles. The summed E-state index contributed by atoms with van der Waals surface area (Å²) in [6.45, 7) is 1.76. The van der Waals surface area contributed by atoms with Crippen molar-refractivity contribution in [2.75, 3.05) is 7.05 Å². The van der Waals surface area contributed by atoms with Crippen LogP contribution >= 0.6 is 23.2 Å². The summed E-state index contributed by atoms with van der Waals surface area (Å²) < 4.78 is 27.7. The maximum absolute atomic E-state index is 13.3. The Morgan fingerprint density at radius 2 is 1.77 bits per heavy atom. The van der Waals surface area contributed by atoms with Gasteiger partial charge >= 0.3 is 0 Å². The van der Waals surface area contributed by atoms with Gasteiger partial charge in [0, 0.05) is 40.4 Å². The first kappa shape index (κ1) is 24.8. The van der Waals surface area contributed by atoms with Gasteiger partial charge in [-0.3, -0.25) is 19.0 Å². The van der Waals surface area contributed by atoms with E-state index in [-0.39, 0.29) is 40.3 Å². The number of amides is 2. The highest BCUT2D eigenvalue weighted by Gasteiger charge is 2.32. The Labute approximate surface area is 209 Å². The maximum Gasteiger partial charge on any atom is 0.265 e. The molecule has 4 rings (SSSR count). The number of rotatable bonds is 4. The summed E-state index contributed by atoms with van der Waals surface area (Å²) in [4.78, 5) is 44.1. The van der Waals surface area contributed by atoms with Gasteiger partial charge in [-0.2, -0.15) is 0 Å². The summed E-state index contributed by atoms with van der Waals surface area (Å²) in [5, 5.41) is 2.30. The van der Waals surface area contributed by atoms with Crippen LogP contribution in [0.3, 0.4) is 0 Å². The molecule has 0 saturated carbocycles. The van der Waals surface area contributed by atoms with E-state index >= 15 is 0 Å². The van der Waals surface area contributed by atoms with Gasteiger partial charge in [0.05, 0.1) is 17.9 Å². The van der Waals surface area contributed by atoms with Gasteiger partial charge in [0.2, 0.25) is 5.28 Å². The highest BCUT2D eigenvalue weighted by molar-refractivity contribution is 6.31. The van der Waals surface area contributed by atoms with E-state index in [1.165, 1.54) is 28.6 Å². The highest BCUT2D eigenvalue weighted by atomic mass is 35.5. The molecule has 7 nitrogen and oxygen atoms in total. The number of carbonyl (C=O) groups is 2. The molecule has 1 aromatic heterocycles. The Hall–Kier alpha value is -3.30. The summed E-state index contributed by atoms with van der Waals surface area (Å²) >= 11 is 12.2. The Morgan fingerprint density at radius 1 is 1.11 bits per heavy atom. The molecule has 0 radical (unpaired) electrons. The standard InChI is InChI=1S/C24H20Cl2F2N4O3/c1-12-9-17-19(11-31(12)22(34)14-5-8-18(25)16(10-14)20(27)28)30-24(26)32(23(17)35)15-6-3-13(4-7-15)21(33)29-2/h3-8,10,12,20H,9,11H2,1-2H3,(H,29,33)/t12-/m1/s1. The molecule has 1 aliphatic rings. The zero-order chi connectivity index (χ0) is 25.4. The first-order chi connectivity index (χ1) is 16.6. The number of benzene rings is 2. The van der Waals surface area contributed by atoms with Gasteiger partial charge < -0.3 is 10.2 Å². The van der Waals surface area contributed by atoms with Gasteiger partial charge in [-0.1, -0.05) is 11.6 Å². The lowest BCUT2D eigenvalue weighted by atomic mass is 9.98. The van der Waals surface area contributed by atoms with E-state index < -0.39 is 23.9 Å². The molecule has 0 spiro atoms. The first-order valence-electron chi connectivity index (χ1n) is 10.6. The molecule has 0 unspecified atom stereocenters. The topological polar surface area (TPSA) is 84.3 Å². The molecule has 2 heterocycles. The summed E-state index contributed by atoms with van der Waals surface area (Å²) in [6, 6.07) is 9.66. The molecule has 2 aromatic carbocycles. The maximum atomic E-state index is 13.3. The predicted octanol–water partition coefficient (Wildman–Crippen LogP) is 4.42. The van der Waals surface area contributed by atoms with Gasteiger partial charge in [-0.15, -0.1) is 0 Å². The van der Waals surface area contributed by atoms with Gasteiger partial charge in [0.25, 0.3) is 23.8 Å². The predicted molar refractivity (Wildman–Crippen MR) is 128 cm³/mol. The van der Waals surface area contributed by atoms with Crippen molar-refractivity contribution in [1.29, 1.82) is 0 Å². The summed E-state index contributed by atoms with van der Waals surface area (Å²) in [7, 11) is 1.52. The number of hydrogen-bond donors (Lipinski definition) is 1. The van der Waals surface area contributed by atoms with E-state index in [2.05, 4.69) is 10.3 Å². The number of halogens is 4. The highest BCUT2D eigenvalue weighted by Crippen LogP contribution is 2.30. The largest absolute Gasteiger partial charge is 0.355 e. The minimum Gasteiger partial charge on any atom is -0.355 e. The van der Waals surface area contributed by atoms with Crippen molar-refractivity contribution in [2.45, 2.75) is 32.4 Å². The molecular formula is C24H20Cl2F2N4O3. The van der Waals surface area contributed by atoms with Crippen molar-refractivity contribution < 1.29 is 18.4 Å². The zero-order valence-electron chi connectivity index (χ0n) is 18.7. The van der Waals surface area contributed by atoms with Crippen LogP contribution in [0.2, 0.25) is 10.3 Å². The minimum absolute atomic E-state index is 0.00657. The average molecular weight is 521 g/mol. The summed E-state index contributed by atoms with van der Waals surface area (Å²) in [5.74, 6) is -0.743. The van der Waals surface area contributed by atoms with Crippen molar-refractivity contribution in [3.05, 3.63) is 91.1 Å². The lowest BCUT2D eigenvalue weighted by molar-refractivity contribution is 0.0652. The van der Waals surface area contributed by atoms with Crippen LogP contribution in [-0.2, 0) is 13.0 Å². The van der Waals surface area contributed by atoms with Crippen LogP contribution in [0.1, 0.15) is 50.9 Å². The molecule has 35 heavy (non-hydrogen) atoms. The summed E-state index contributed by atoms with van der Waals surface area (Å²) in [5.41, 5.74) is 0.877. The Kier molecular flexibility index (Phi) is 6.91. The molecule has 2 amide bonds. The third-order valence-corrected chi connectivity index (χ3v) is 6.52. The summed E-state index contributed by atoms with van der Waals surface area (Å²) in [6.07, 6.45) is -2.62. The quantitative estimate of drug-likeness (QED) is 0.516. The molecule has 182 valence electrons. The molecular weight excluding hydrogens is 501 g/mol. The molecule has 0 fully saturated rings. The fraction of sp³-hybridized carbons (Fsp3) is 0.250. The van der Waals surface area contributed by atoms with E-state index in [0.717, 1.165) is 6.07 Å². The van der Waals surface area contributed by atoms with E-state index in [1.54, 1.807) is 31.2 Å². The molecule has 0 bridgehead atoms. The van der Waals surface area contributed by atoms with Crippen molar-refractivity contribution in [3.8, 4) is 5.69 Å². The zero-order valence-corrected chi connectivity index (χ0v) is 20.2. The van der Waals surface area contributed by atoms with Crippen LogP contribution in [0, 0.1) is 0 Å². The Morgan fingerprint density at radius 3 is 2.40 bits per heavy atom. The number of nitrogens with zero attached hydrogens (tertiary/aromatic N) is 3. The molecule has 1 N–H and O–H groups in total. The van der Waals surface area contributed by atoms with Crippen LogP contribution in [0.5, 0.6) is 0 Å². The van der Waals surface area contributed by atoms with E-state index in [0.29, 0.717) is 22.5 Å². The van der Waals surface area contributed by atoms with Gasteiger partial charge in [-0.05, 0) is 67.4 Å². The third kappa shape index (κ3) is 4.66.